The Morgan fingerprint density at radius 1 is 1.57 bits per heavy atom. The minimum atomic E-state index is -0.0635. The summed E-state index contributed by atoms with van der Waals surface area (Å²) in [6.45, 7) is 3.21. The highest BCUT2D eigenvalue weighted by atomic mass is 35.5. The monoisotopic (exact) mass is 353 g/mol. The van der Waals surface area contributed by atoms with Crippen LogP contribution in [0.1, 0.15) is 6.92 Å². The number of hydrogen-bond donors (Lipinski definition) is 3. The molecule has 1 atom stereocenters. The highest BCUT2D eigenvalue weighted by Gasteiger charge is 2.19. The van der Waals surface area contributed by atoms with Crippen LogP contribution in [0.2, 0.25) is 0 Å². The topological polar surface area (TPSA) is 87.0 Å². The fourth-order valence-electron chi connectivity index (χ4n) is 2.35. The lowest BCUT2D eigenvalue weighted by Gasteiger charge is -2.26. The zero-order valence-electron chi connectivity index (χ0n) is 12.8. The van der Waals surface area contributed by atoms with Gasteiger partial charge >= 0.3 is 0 Å². The summed E-state index contributed by atoms with van der Waals surface area (Å²) in [5.41, 5.74) is 7.59. The van der Waals surface area contributed by atoms with Gasteiger partial charge in [0.1, 0.15) is 5.65 Å². The molecule has 0 saturated heterocycles. The summed E-state index contributed by atoms with van der Waals surface area (Å²) in [5.74, 6) is 0.803. The quantitative estimate of drug-likeness (QED) is 0.780. The van der Waals surface area contributed by atoms with E-state index in [-0.39, 0.29) is 24.4 Å². The highest BCUT2D eigenvalue weighted by molar-refractivity contribution is 8.04. The van der Waals surface area contributed by atoms with Crippen molar-refractivity contribution in [3.8, 4) is 0 Å². The van der Waals surface area contributed by atoms with Crippen molar-refractivity contribution in [2.75, 3.05) is 23.7 Å². The van der Waals surface area contributed by atoms with Crippen LogP contribution in [0.15, 0.2) is 35.6 Å². The number of carbonyl (C=O) groups excluding carboxylic acids is 1. The number of nitrogens with one attached hydrogen (secondary N) is 2. The second-order valence-electron chi connectivity index (χ2n) is 5.29. The van der Waals surface area contributed by atoms with Crippen molar-refractivity contribution in [2.24, 2.45) is 5.73 Å². The van der Waals surface area contributed by atoms with Gasteiger partial charge in [0.05, 0.1) is 10.6 Å². The molecule has 4 N–H and O–H groups in total. The largest absolute Gasteiger partial charge is 0.350 e. The molecule has 2 aromatic rings. The fraction of sp³-hybridized carbons (Fsp3) is 0.333. The summed E-state index contributed by atoms with van der Waals surface area (Å²) in [7, 11) is 0. The molecule has 23 heavy (non-hydrogen) atoms. The normalized spacial score (nSPS) is 15.7. The Hall–Kier alpha value is -1.70. The number of amides is 1. The number of pyridine rings is 1. The third-order valence-electron chi connectivity index (χ3n) is 3.42. The molecule has 1 aliphatic heterocycles. The Morgan fingerprint density at radius 2 is 2.39 bits per heavy atom. The maximum Gasteiger partial charge on any atom is 0.259 e. The first kappa shape index (κ1) is 17.7. The minimum Gasteiger partial charge on any atom is -0.350 e. The summed E-state index contributed by atoms with van der Waals surface area (Å²) in [4.78, 5) is 22.4. The number of aromatic amines is 1. The lowest BCUT2D eigenvalue weighted by Crippen LogP contribution is -2.37. The van der Waals surface area contributed by atoms with E-state index < -0.39 is 0 Å². The van der Waals surface area contributed by atoms with Gasteiger partial charge in [0.15, 0.2) is 0 Å². The highest BCUT2D eigenvalue weighted by Crippen LogP contribution is 2.30. The number of carbonyl (C=O) groups is 1. The molecule has 0 radical (unpaired) electrons. The first-order chi connectivity index (χ1) is 10.6. The van der Waals surface area contributed by atoms with E-state index in [1.807, 2.05) is 31.5 Å². The van der Waals surface area contributed by atoms with Crippen molar-refractivity contribution in [3.05, 3.63) is 35.6 Å². The van der Waals surface area contributed by atoms with Gasteiger partial charge in [0.2, 0.25) is 0 Å². The molecular weight excluding hydrogens is 334 g/mol. The Balaban J connectivity index is 0.00000192. The number of fused-ring (bicyclic) bond motifs is 1. The molecule has 6 nitrogen and oxygen atoms in total. The molecule has 0 aliphatic carbocycles. The summed E-state index contributed by atoms with van der Waals surface area (Å²) < 4.78 is 0. The molecule has 1 amide bonds. The van der Waals surface area contributed by atoms with Gasteiger partial charge in [-0.25, -0.2) is 4.98 Å². The predicted molar refractivity (Wildman–Crippen MR) is 97.9 cm³/mol. The van der Waals surface area contributed by atoms with Gasteiger partial charge in [0, 0.05) is 48.9 Å². The zero-order chi connectivity index (χ0) is 15.5. The van der Waals surface area contributed by atoms with Gasteiger partial charge in [-0.3, -0.25) is 4.79 Å². The number of hydrogen-bond acceptors (Lipinski definition) is 5. The number of nitrogens with zero attached hydrogens (tertiary/aromatic N) is 2. The molecule has 0 unspecified atom stereocenters. The van der Waals surface area contributed by atoms with Crippen LogP contribution in [-0.2, 0) is 4.79 Å². The van der Waals surface area contributed by atoms with Crippen LogP contribution in [0.3, 0.4) is 0 Å². The van der Waals surface area contributed by atoms with E-state index in [1.165, 1.54) is 0 Å². The Labute approximate surface area is 145 Å². The maximum absolute atomic E-state index is 12.2. The number of aromatic nitrogens is 2. The van der Waals surface area contributed by atoms with E-state index in [0.29, 0.717) is 11.4 Å². The summed E-state index contributed by atoms with van der Waals surface area (Å²) >= 11 is 1.57. The average Bonchev–Trinajstić information content (AvgIpc) is 3.01. The summed E-state index contributed by atoms with van der Waals surface area (Å²) in [6, 6.07) is 3.93. The standard InChI is InChI=1S/C15H19N5OS.ClH/c1-10(16)8-19-15(21)13-9-20(6-7-22-13)12-3-5-18-14-11(12)2-4-17-14;/h2-5,9-10H,6-8,16H2,1H3,(H,17,18)(H,19,21);1H/t10-;/m1./s1. The van der Waals surface area contributed by atoms with Crippen LogP contribution < -0.4 is 16.0 Å². The van der Waals surface area contributed by atoms with Crippen LogP contribution in [0.4, 0.5) is 5.69 Å². The van der Waals surface area contributed by atoms with Crippen molar-refractivity contribution in [2.45, 2.75) is 13.0 Å². The van der Waals surface area contributed by atoms with Gasteiger partial charge in [-0.2, -0.15) is 0 Å². The van der Waals surface area contributed by atoms with Crippen molar-refractivity contribution in [1.29, 1.82) is 0 Å². The average molecular weight is 354 g/mol. The van der Waals surface area contributed by atoms with E-state index in [1.54, 1.807) is 18.0 Å². The first-order valence-corrected chi connectivity index (χ1v) is 8.21. The van der Waals surface area contributed by atoms with Crippen LogP contribution in [0, 0.1) is 0 Å². The molecule has 0 fully saturated rings. The lowest BCUT2D eigenvalue weighted by atomic mass is 10.2. The van der Waals surface area contributed by atoms with Crippen molar-refractivity contribution in [1.82, 2.24) is 15.3 Å². The van der Waals surface area contributed by atoms with Crippen LogP contribution in [-0.4, -0.2) is 40.8 Å². The van der Waals surface area contributed by atoms with Crippen molar-refractivity contribution < 1.29 is 4.79 Å². The molecule has 124 valence electrons. The van der Waals surface area contributed by atoms with Gasteiger partial charge in [-0.15, -0.1) is 24.2 Å². The minimum absolute atomic E-state index is 0. The number of H-pyrrole nitrogens is 1. The third kappa shape index (κ3) is 3.99. The third-order valence-corrected chi connectivity index (χ3v) is 4.41. The molecule has 0 bridgehead atoms. The maximum atomic E-state index is 12.2. The number of nitrogens with two attached hydrogens (primary N) is 1. The first-order valence-electron chi connectivity index (χ1n) is 7.22. The Kier molecular flexibility index (Phi) is 5.92. The number of rotatable bonds is 4. The smallest absolute Gasteiger partial charge is 0.259 e. The van der Waals surface area contributed by atoms with Gasteiger partial charge in [-0.1, -0.05) is 0 Å². The molecule has 3 rings (SSSR count). The molecule has 8 heteroatoms. The lowest BCUT2D eigenvalue weighted by molar-refractivity contribution is -0.116. The Bertz CT molecular complexity index is 715. The second-order valence-corrected chi connectivity index (χ2v) is 6.43. The molecule has 0 spiro atoms. The van der Waals surface area contributed by atoms with Crippen molar-refractivity contribution >= 4 is 46.8 Å². The predicted octanol–water partition coefficient (Wildman–Crippen LogP) is 1.84. The fourth-order valence-corrected chi connectivity index (χ4v) is 3.26. The van der Waals surface area contributed by atoms with Crippen LogP contribution in [0.5, 0.6) is 0 Å². The second kappa shape index (κ2) is 7.72. The van der Waals surface area contributed by atoms with E-state index in [2.05, 4.69) is 20.2 Å². The molecule has 2 aromatic heterocycles. The molecular formula is C15H20ClN5OS. The zero-order valence-corrected chi connectivity index (χ0v) is 14.4. The van der Waals surface area contributed by atoms with Crippen LogP contribution >= 0.6 is 24.2 Å². The number of thioether (sulfide) groups is 1. The van der Waals surface area contributed by atoms with Crippen molar-refractivity contribution in [3.63, 3.8) is 0 Å². The molecule has 3 heterocycles. The SMILES string of the molecule is C[C@@H](N)CNC(=O)C1=CN(c2ccnc3[nH]ccc23)CCS1.Cl. The van der Waals surface area contributed by atoms with Gasteiger partial charge < -0.3 is 20.9 Å². The van der Waals surface area contributed by atoms with E-state index >= 15 is 0 Å². The number of anilines is 1. The molecule has 0 aromatic carbocycles. The number of halogens is 1. The summed E-state index contributed by atoms with van der Waals surface area (Å²) in [5, 5.41) is 3.91. The van der Waals surface area contributed by atoms with Crippen LogP contribution in [0.25, 0.3) is 11.0 Å². The molecule has 1 aliphatic rings. The summed E-state index contributed by atoms with van der Waals surface area (Å²) in [6.07, 6.45) is 5.56. The van der Waals surface area contributed by atoms with Gasteiger partial charge in [-0.05, 0) is 19.1 Å². The van der Waals surface area contributed by atoms with Gasteiger partial charge in [0.25, 0.3) is 5.91 Å². The Morgan fingerprint density at radius 3 is 3.17 bits per heavy atom. The van der Waals surface area contributed by atoms with E-state index in [4.69, 9.17) is 5.73 Å². The van der Waals surface area contributed by atoms with E-state index in [0.717, 1.165) is 29.0 Å². The molecule has 0 saturated carbocycles. The van der Waals surface area contributed by atoms with E-state index in [9.17, 15) is 4.79 Å².